The van der Waals surface area contributed by atoms with Gasteiger partial charge in [0, 0.05) is 26.2 Å². The van der Waals surface area contributed by atoms with Gasteiger partial charge in [-0.15, -0.1) is 0 Å². The Morgan fingerprint density at radius 3 is 2.71 bits per heavy atom. The second-order valence-corrected chi connectivity index (χ2v) is 5.68. The molecular formula is C13H27N3O. The molecule has 0 aromatic carbocycles. The Kier molecular flexibility index (Phi) is 5.22. The molecule has 0 radical (unpaired) electrons. The fraction of sp³-hybridized carbons (Fsp3) is 1.00. The van der Waals surface area contributed by atoms with Crippen molar-refractivity contribution in [3.05, 3.63) is 0 Å². The van der Waals surface area contributed by atoms with E-state index in [9.17, 15) is 0 Å². The van der Waals surface area contributed by atoms with Gasteiger partial charge >= 0.3 is 0 Å². The fourth-order valence-corrected chi connectivity index (χ4v) is 2.88. The molecule has 0 spiro atoms. The Morgan fingerprint density at radius 2 is 1.94 bits per heavy atom. The molecule has 2 unspecified atom stereocenters. The SMILES string of the molecule is CN1CCCC(CNCC2CN(C)CCO2)C1. The minimum atomic E-state index is 0.384. The number of hydrogen-bond donors (Lipinski definition) is 1. The summed E-state index contributed by atoms with van der Waals surface area (Å²) >= 11 is 0. The zero-order valence-electron chi connectivity index (χ0n) is 11.3. The molecule has 1 N–H and O–H groups in total. The van der Waals surface area contributed by atoms with Gasteiger partial charge in [0.2, 0.25) is 0 Å². The lowest BCUT2D eigenvalue weighted by atomic mass is 9.98. The predicted octanol–water partition coefficient (Wildman–Crippen LogP) is 0.248. The predicted molar refractivity (Wildman–Crippen MR) is 70.3 cm³/mol. The van der Waals surface area contributed by atoms with Crippen LogP contribution in [-0.4, -0.2) is 75.9 Å². The molecule has 2 aliphatic heterocycles. The van der Waals surface area contributed by atoms with Crippen molar-refractivity contribution in [1.29, 1.82) is 0 Å². The van der Waals surface area contributed by atoms with Crippen LogP contribution in [0, 0.1) is 5.92 Å². The first-order valence-electron chi connectivity index (χ1n) is 6.93. The van der Waals surface area contributed by atoms with Crippen molar-refractivity contribution in [3.8, 4) is 0 Å². The van der Waals surface area contributed by atoms with Crippen molar-refractivity contribution in [2.24, 2.45) is 5.92 Å². The van der Waals surface area contributed by atoms with Gasteiger partial charge in [0.1, 0.15) is 0 Å². The first-order chi connectivity index (χ1) is 8.24. The number of morpholine rings is 1. The van der Waals surface area contributed by atoms with E-state index in [1.165, 1.54) is 25.9 Å². The van der Waals surface area contributed by atoms with Crippen LogP contribution in [0.4, 0.5) is 0 Å². The quantitative estimate of drug-likeness (QED) is 0.763. The highest BCUT2D eigenvalue weighted by Gasteiger charge is 2.19. The third-order valence-electron chi connectivity index (χ3n) is 3.87. The maximum atomic E-state index is 5.74. The normalized spacial score (nSPS) is 32.8. The first kappa shape index (κ1) is 13.3. The van der Waals surface area contributed by atoms with Gasteiger partial charge in [-0.05, 0) is 45.9 Å². The molecule has 2 heterocycles. The summed E-state index contributed by atoms with van der Waals surface area (Å²) in [6.07, 6.45) is 3.11. The van der Waals surface area contributed by atoms with Crippen molar-refractivity contribution in [3.63, 3.8) is 0 Å². The smallest absolute Gasteiger partial charge is 0.0826 e. The zero-order valence-corrected chi connectivity index (χ0v) is 11.3. The van der Waals surface area contributed by atoms with Crippen molar-refractivity contribution in [1.82, 2.24) is 15.1 Å². The van der Waals surface area contributed by atoms with Crippen LogP contribution < -0.4 is 5.32 Å². The van der Waals surface area contributed by atoms with Crippen LogP contribution in [0.1, 0.15) is 12.8 Å². The van der Waals surface area contributed by atoms with Crippen LogP contribution >= 0.6 is 0 Å². The Balaban J connectivity index is 1.58. The molecule has 2 atom stereocenters. The molecule has 4 nitrogen and oxygen atoms in total. The zero-order chi connectivity index (χ0) is 12.1. The standard InChI is InChI=1S/C13H27N3O/c1-15-5-3-4-12(10-15)8-14-9-13-11-16(2)6-7-17-13/h12-14H,3-11H2,1-2H3. The number of likely N-dealkylation sites (tertiary alicyclic amines) is 1. The van der Waals surface area contributed by atoms with Crippen LogP contribution in [-0.2, 0) is 4.74 Å². The van der Waals surface area contributed by atoms with Gasteiger partial charge in [0.25, 0.3) is 0 Å². The molecule has 0 saturated carbocycles. The highest BCUT2D eigenvalue weighted by Crippen LogP contribution is 2.13. The van der Waals surface area contributed by atoms with E-state index in [-0.39, 0.29) is 0 Å². The number of hydrogen-bond acceptors (Lipinski definition) is 4. The van der Waals surface area contributed by atoms with E-state index in [0.29, 0.717) is 6.10 Å². The van der Waals surface area contributed by atoms with E-state index >= 15 is 0 Å². The number of piperidine rings is 1. The summed E-state index contributed by atoms with van der Waals surface area (Å²) in [6, 6.07) is 0. The summed E-state index contributed by atoms with van der Waals surface area (Å²) in [5, 5.41) is 3.59. The number of nitrogens with one attached hydrogen (secondary N) is 1. The summed E-state index contributed by atoms with van der Waals surface area (Å²) < 4.78 is 5.74. The minimum absolute atomic E-state index is 0.384. The molecule has 0 bridgehead atoms. The molecular weight excluding hydrogens is 214 g/mol. The summed E-state index contributed by atoms with van der Waals surface area (Å²) in [7, 11) is 4.40. The number of rotatable bonds is 4. The van der Waals surface area contributed by atoms with Gasteiger partial charge in [-0.3, -0.25) is 0 Å². The molecule has 0 aromatic rings. The van der Waals surface area contributed by atoms with E-state index < -0.39 is 0 Å². The van der Waals surface area contributed by atoms with Gasteiger partial charge in [0.15, 0.2) is 0 Å². The maximum Gasteiger partial charge on any atom is 0.0826 e. The summed E-state index contributed by atoms with van der Waals surface area (Å²) in [6.45, 7) is 7.69. The van der Waals surface area contributed by atoms with Crippen LogP contribution in [0.15, 0.2) is 0 Å². The average molecular weight is 241 g/mol. The van der Waals surface area contributed by atoms with E-state index in [0.717, 1.165) is 38.7 Å². The Hall–Kier alpha value is -0.160. The maximum absolute atomic E-state index is 5.74. The number of likely N-dealkylation sites (N-methyl/N-ethyl adjacent to an activating group) is 1. The first-order valence-corrected chi connectivity index (χ1v) is 6.93. The Morgan fingerprint density at radius 1 is 1.12 bits per heavy atom. The van der Waals surface area contributed by atoms with E-state index in [1.54, 1.807) is 0 Å². The highest BCUT2D eigenvalue weighted by atomic mass is 16.5. The van der Waals surface area contributed by atoms with Crippen molar-refractivity contribution in [2.45, 2.75) is 18.9 Å². The van der Waals surface area contributed by atoms with Crippen LogP contribution in [0.5, 0.6) is 0 Å². The molecule has 17 heavy (non-hydrogen) atoms. The van der Waals surface area contributed by atoms with E-state index in [1.807, 2.05) is 0 Å². The lowest BCUT2D eigenvalue weighted by Crippen LogP contribution is -2.46. The second kappa shape index (κ2) is 6.69. The van der Waals surface area contributed by atoms with Gasteiger partial charge in [-0.25, -0.2) is 0 Å². The molecule has 2 rings (SSSR count). The van der Waals surface area contributed by atoms with Crippen molar-refractivity contribution in [2.75, 3.05) is 60.0 Å². The van der Waals surface area contributed by atoms with Crippen molar-refractivity contribution < 1.29 is 4.74 Å². The molecule has 2 fully saturated rings. The lowest BCUT2D eigenvalue weighted by molar-refractivity contribution is -0.0186. The second-order valence-electron chi connectivity index (χ2n) is 5.68. The van der Waals surface area contributed by atoms with Gasteiger partial charge in [-0.2, -0.15) is 0 Å². The van der Waals surface area contributed by atoms with E-state index in [2.05, 4.69) is 29.2 Å². The monoisotopic (exact) mass is 241 g/mol. The van der Waals surface area contributed by atoms with Crippen LogP contribution in [0.3, 0.4) is 0 Å². The summed E-state index contributed by atoms with van der Waals surface area (Å²) in [5.74, 6) is 0.829. The third-order valence-corrected chi connectivity index (χ3v) is 3.87. The largest absolute Gasteiger partial charge is 0.374 e. The Bertz CT molecular complexity index is 203. The fourth-order valence-electron chi connectivity index (χ4n) is 2.88. The van der Waals surface area contributed by atoms with Gasteiger partial charge in [-0.1, -0.05) is 0 Å². The summed E-state index contributed by atoms with van der Waals surface area (Å²) in [5.41, 5.74) is 0. The molecule has 0 aromatic heterocycles. The topological polar surface area (TPSA) is 27.7 Å². The van der Waals surface area contributed by atoms with Crippen molar-refractivity contribution >= 4 is 0 Å². The molecule has 100 valence electrons. The third kappa shape index (κ3) is 4.54. The molecule has 2 aliphatic rings. The Labute approximate surface area is 105 Å². The van der Waals surface area contributed by atoms with E-state index in [4.69, 9.17) is 4.74 Å². The minimum Gasteiger partial charge on any atom is -0.374 e. The molecule has 0 aliphatic carbocycles. The highest BCUT2D eigenvalue weighted by molar-refractivity contribution is 4.75. The van der Waals surface area contributed by atoms with Gasteiger partial charge < -0.3 is 19.9 Å². The lowest BCUT2D eigenvalue weighted by Gasteiger charge is -2.32. The molecule has 4 heteroatoms. The number of ether oxygens (including phenoxy) is 1. The van der Waals surface area contributed by atoms with Gasteiger partial charge in [0.05, 0.1) is 12.7 Å². The van der Waals surface area contributed by atoms with Crippen LogP contribution in [0.25, 0.3) is 0 Å². The average Bonchev–Trinajstić information content (AvgIpc) is 2.29. The van der Waals surface area contributed by atoms with Crippen LogP contribution in [0.2, 0.25) is 0 Å². The summed E-state index contributed by atoms with van der Waals surface area (Å²) in [4.78, 5) is 4.80. The molecule has 2 saturated heterocycles. The number of nitrogens with zero attached hydrogens (tertiary/aromatic N) is 2. The molecule has 0 amide bonds.